The molecule has 1 aliphatic carbocycles. The van der Waals surface area contributed by atoms with Crippen molar-refractivity contribution in [3.8, 4) is 34.7 Å². The van der Waals surface area contributed by atoms with Crippen LogP contribution in [0.1, 0.15) is 29.2 Å². The molecule has 3 aromatic rings. The van der Waals surface area contributed by atoms with Gasteiger partial charge in [0.15, 0.2) is 0 Å². The number of ether oxygens (including phenoxy) is 1. The lowest BCUT2D eigenvalue weighted by Crippen LogP contribution is -2.21. The zero-order chi connectivity index (χ0) is 20.4. The van der Waals surface area contributed by atoms with Crippen molar-refractivity contribution in [2.24, 2.45) is 5.73 Å². The van der Waals surface area contributed by atoms with E-state index in [4.69, 9.17) is 20.1 Å². The van der Waals surface area contributed by atoms with E-state index in [1.807, 2.05) is 18.2 Å². The Labute approximate surface area is 167 Å². The lowest BCUT2D eigenvalue weighted by molar-refractivity contribution is 0.0535. The van der Waals surface area contributed by atoms with Gasteiger partial charge < -0.3 is 25.2 Å². The molecule has 29 heavy (non-hydrogen) atoms. The number of hydrogen-bond acceptors (Lipinski definition) is 8. The van der Waals surface area contributed by atoms with E-state index in [0.717, 1.165) is 29.5 Å². The van der Waals surface area contributed by atoms with Crippen molar-refractivity contribution in [2.75, 3.05) is 13.2 Å². The number of aliphatic hydroxyl groups is 2. The van der Waals surface area contributed by atoms with Crippen molar-refractivity contribution in [3.63, 3.8) is 0 Å². The SMILES string of the molecule is N#Cc1cc(-c2nc(-c3cccc4c3CCC4N)no2)ccc1OCC(O)CO. The van der Waals surface area contributed by atoms with E-state index in [2.05, 4.69) is 16.2 Å². The zero-order valence-corrected chi connectivity index (χ0v) is 15.6. The summed E-state index contributed by atoms with van der Waals surface area (Å²) >= 11 is 0. The molecule has 2 atom stereocenters. The number of nitrogens with two attached hydrogens (primary N) is 1. The Bertz CT molecular complexity index is 1070. The maximum atomic E-state index is 9.41. The molecule has 0 fully saturated rings. The second kappa shape index (κ2) is 8.01. The first-order valence-electron chi connectivity index (χ1n) is 9.28. The summed E-state index contributed by atoms with van der Waals surface area (Å²) < 4.78 is 10.8. The van der Waals surface area contributed by atoms with Crippen LogP contribution in [0.15, 0.2) is 40.9 Å². The van der Waals surface area contributed by atoms with Gasteiger partial charge in [0.2, 0.25) is 5.82 Å². The molecule has 4 rings (SSSR count). The van der Waals surface area contributed by atoms with E-state index in [-0.39, 0.29) is 18.2 Å². The van der Waals surface area contributed by atoms with Crippen LogP contribution in [0.25, 0.3) is 22.8 Å². The Morgan fingerprint density at radius 1 is 1.34 bits per heavy atom. The highest BCUT2D eigenvalue weighted by molar-refractivity contribution is 5.67. The number of hydrogen-bond donors (Lipinski definition) is 3. The van der Waals surface area contributed by atoms with Gasteiger partial charge in [-0.05, 0) is 42.2 Å². The van der Waals surface area contributed by atoms with Gasteiger partial charge in [0.25, 0.3) is 5.89 Å². The second-order valence-corrected chi connectivity index (χ2v) is 6.91. The molecule has 0 spiro atoms. The van der Waals surface area contributed by atoms with Gasteiger partial charge in [-0.1, -0.05) is 23.4 Å². The number of fused-ring (bicyclic) bond motifs is 1. The van der Waals surface area contributed by atoms with Gasteiger partial charge in [-0.3, -0.25) is 0 Å². The van der Waals surface area contributed by atoms with Gasteiger partial charge in [-0.2, -0.15) is 10.2 Å². The molecule has 0 saturated heterocycles. The minimum atomic E-state index is -1.01. The maximum absolute atomic E-state index is 9.41. The summed E-state index contributed by atoms with van der Waals surface area (Å²) in [5.74, 6) is 1.08. The molecule has 0 radical (unpaired) electrons. The minimum Gasteiger partial charge on any atom is -0.489 e. The number of aromatic nitrogens is 2. The molecule has 1 heterocycles. The predicted octanol–water partition coefficient (Wildman–Crippen LogP) is 1.95. The van der Waals surface area contributed by atoms with Crippen molar-refractivity contribution in [1.29, 1.82) is 5.26 Å². The fourth-order valence-electron chi connectivity index (χ4n) is 3.46. The average molecular weight is 392 g/mol. The quantitative estimate of drug-likeness (QED) is 0.578. The normalized spacial score (nSPS) is 16.3. The topological polar surface area (TPSA) is 138 Å². The second-order valence-electron chi connectivity index (χ2n) is 6.91. The van der Waals surface area contributed by atoms with E-state index in [1.54, 1.807) is 18.2 Å². The van der Waals surface area contributed by atoms with Crippen LogP contribution in [-0.4, -0.2) is 39.7 Å². The van der Waals surface area contributed by atoms with E-state index in [9.17, 15) is 10.4 Å². The van der Waals surface area contributed by atoms with Gasteiger partial charge in [-0.25, -0.2) is 0 Å². The summed E-state index contributed by atoms with van der Waals surface area (Å²) in [5.41, 5.74) is 10.2. The highest BCUT2D eigenvalue weighted by Gasteiger charge is 2.24. The lowest BCUT2D eigenvalue weighted by Gasteiger charge is -2.11. The van der Waals surface area contributed by atoms with Crippen molar-refractivity contribution < 1.29 is 19.5 Å². The van der Waals surface area contributed by atoms with Crippen LogP contribution in [0.3, 0.4) is 0 Å². The fourth-order valence-corrected chi connectivity index (χ4v) is 3.46. The third kappa shape index (κ3) is 3.71. The highest BCUT2D eigenvalue weighted by atomic mass is 16.5. The standard InChI is InChI=1S/C21H20N4O4/c22-9-13-8-12(4-7-19(13)28-11-14(27)10-26)21-24-20(25-29-21)17-3-1-2-16-15(17)5-6-18(16)23/h1-4,7-8,14,18,26-27H,5-6,10-11,23H2. The Kier molecular flexibility index (Phi) is 5.27. The van der Waals surface area contributed by atoms with Crippen molar-refractivity contribution in [1.82, 2.24) is 10.1 Å². The molecule has 4 N–H and O–H groups in total. The number of benzene rings is 2. The van der Waals surface area contributed by atoms with Gasteiger partial charge in [0.1, 0.15) is 24.5 Å². The molecule has 0 amide bonds. The van der Waals surface area contributed by atoms with Gasteiger partial charge in [-0.15, -0.1) is 0 Å². The van der Waals surface area contributed by atoms with Crippen LogP contribution in [0.4, 0.5) is 0 Å². The Balaban J connectivity index is 1.61. The Morgan fingerprint density at radius 3 is 3.00 bits per heavy atom. The first-order valence-corrected chi connectivity index (χ1v) is 9.28. The number of rotatable bonds is 6. The summed E-state index contributed by atoms with van der Waals surface area (Å²) in [6, 6.07) is 12.9. The monoisotopic (exact) mass is 392 g/mol. The summed E-state index contributed by atoms with van der Waals surface area (Å²) in [5, 5.41) is 31.8. The smallest absolute Gasteiger partial charge is 0.258 e. The Hall–Kier alpha value is -3.25. The van der Waals surface area contributed by atoms with E-state index < -0.39 is 12.7 Å². The molecule has 8 nitrogen and oxygen atoms in total. The van der Waals surface area contributed by atoms with Crippen LogP contribution in [0.5, 0.6) is 5.75 Å². The largest absolute Gasteiger partial charge is 0.489 e. The lowest BCUT2D eigenvalue weighted by atomic mass is 10.0. The molecule has 1 aromatic heterocycles. The number of nitriles is 1. The molecule has 1 aliphatic rings. The van der Waals surface area contributed by atoms with Crippen molar-refractivity contribution in [2.45, 2.75) is 25.0 Å². The predicted molar refractivity (Wildman–Crippen MR) is 104 cm³/mol. The van der Waals surface area contributed by atoms with Gasteiger partial charge in [0.05, 0.1) is 12.2 Å². The molecule has 0 bridgehead atoms. The molecule has 0 aliphatic heterocycles. The zero-order valence-electron chi connectivity index (χ0n) is 15.6. The van der Waals surface area contributed by atoms with E-state index >= 15 is 0 Å². The summed E-state index contributed by atoms with van der Waals surface area (Å²) in [7, 11) is 0. The van der Waals surface area contributed by atoms with E-state index in [1.165, 1.54) is 0 Å². The molecule has 0 saturated carbocycles. The van der Waals surface area contributed by atoms with Crippen molar-refractivity contribution >= 4 is 0 Å². The number of nitrogens with zero attached hydrogens (tertiary/aromatic N) is 3. The Morgan fingerprint density at radius 2 is 2.21 bits per heavy atom. The maximum Gasteiger partial charge on any atom is 0.258 e. The first kappa shape index (κ1) is 19.1. The van der Waals surface area contributed by atoms with Gasteiger partial charge >= 0.3 is 0 Å². The molecule has 8 heteroatoms. The molecular formula is C21H20N4O4. The first-order chi connectivity index (χ1) is 14.1. The summed E-state index contributed by atoms with van der Waals surface area (Å²) in [6.45, 7) is -0.532. The van der Waals surface area contributed by atoms with Crippen molar-refractivity contribution in [3.05, 3.63) is 53.1 Å². The third-order valence-corrected chi connectivity index (χ3v) is 4.97. The van der Waals surface area contributed by atoms with Crippen LogP contribution >= 0.6 is 0 Å². The van der Waals surface area contributed by atoms with Crippen LogP contribution in [0.2, 0.25) is 0 Å². The summed E-state index contributed by atoms with van der Waals surface area (Å²) in [6.07, 6.45) is 0.760. The molecule has 2 aromatic carbocycles. The van der Waals surface area contributed by atoms with Crippen LogP contribution in [0, 0.1) is 11.3 Å². The molecular weight excluding hydrogens is 372 g/mol. The number of aliphatic hydroxyl groups excluding tert-OH is 2. The third-order valence-electron chi connectivity index (χ3n) is 4.97. The van der Waals surface area contributed by atoms with E-state index in [0.29, 0.717) is 23.0 Å². The van der Waals surface area contributed by atoms with Crippen LogP contribution < -0.4 is 10.5 Å². The molecule has 148 valence electrons. The summed E-state index contributed by atoms with van der Waals surface area (Å²) in [4.78, 5) is 4.50. The van der Waals surface area contributed by atoms with Crippen LogP contribution in [-0.2, 0) is 6.42 Å². The van der Waals surface area contributed by atoms with Gasteiger partial charge in [0, 0.05) is 17.2 Å². The highest BCUT2D eigenvalue weighted by Crippen LogP contribution is 2.36. The fraction of sp³-hybridized carbons (Fsp3) is 0.286. The average Bonchev–Trinajstić information content (AvgIpc) is 3.39. The minimum absolute atomic E-state index is 0.0337. The molecule has 2 unspecified atom stereocenters.